The highest BCUT2D eigenvalue weighted by Crippen LogP contribution is 2.32. The smallest absolute Gasteiger partial charge is 0.382 e. The second kappa shape index (κ2) is 7.50. The molecule has 0 aliphatic carbocycles. The van der Waals surface area contributed by atoms with Crippen molar-refractivity contribution in [3.05, 3.63) is 59.8 Å². The molecule has 0 radical (unpaired) electrons. The summed E-state index contributed by atoms with van der Waals surface area (Å²) in [6.07, 6.45) is -3.00. The lowest BCUT2D eigenvalue weighted by Crippen LogP contribution is -2.04. The quantitative estimate of drug-likeness (QED) is 0.419. The maximum absolute atomic E-state index is 12.9. The lowest BCUT2D eigenvalue weighted by molar-refractivity contribution is -0.137. The van der Waals surface area contributed by atoms with Crippen LogP contribution in [0.25, 0.3) is 33.8 Å². The number of aromatic nitrogens is 4. The molecule has 0 amide bonds. The third kappa shape index (κ3) is 4.02. The van der Waals surface area contributed by atoms with Crippen molar-refractivity contribution < 1.29 is 21.9 Å². The Bertz CT molecular complexity index is 1260. The molecule has 0 saturated carbocycles. The summed E-state index contributed by atoms with van der Waals surface area (Å²) in [4.78, 5) is 15.7. The minimum Gasteiger partial charge on any atom is -0.382 e. The molecule has 1 unspecified atom stereocenters. The Hall–Kier alpha value is -3.31. The number of halogens is 3. The van der Waals surface area contributed by atoms with Crippen LogP contribution in [0.5, 0.6) is 0 Å². The first-order valence-electron chi connectivity index (χ1n) is 8.57. The number of nitrogens with one attached hydrogen (secondary N) is 1. The summed E-state index contributed by atoms with van der Waals surface area (Å²) in [5, 5.41) is 0. The predicted octanol–water partition coefficient (Wildman–Crippen LogP) is 4.01. The second-order valence-corrected chi connectivity index (χ2v) is 7.40. The molecule has 2 aromatic carbocycles. The molecule has 2 heterocycles. The standard InChI is InChI=1S/C19H14F3N5O2S/c20-19(21,22)12-5-6-13-14(7-12)27-18(26-13)16-17(23)24-8-15(25-16)11-3-1-10(2-4-11)9-30(28)29/h1-8H,9H2,(H2,23,24)(H,26,27)(H,28,29). The zero-order valence-corrected chi connectivity index (χ0v) is 16.0. The Morgan fingerprint density at radius 2 is 1.83 bits per heavy atom. The van der Waals surface area contributed by atoms with E-state index in [2.05, 4.69) is 19.9 Å². The lowest BCUT2D eigenvalue weighted by Gasteiger charge is -2.06. The number of imidazole rings is 1. The average molecular weight is 433 g/mol. The first kappa shape index (κ1) is 20.0. The van der Waals surface area contributed by atoms with Gasteiger partial charge in [-0.05, 0) is 23.8 Å². The normalized spacial score (nSPS) is 12.9. The highest BCUT2D eigenvalue weighted by molar-refractivity contribution is 7.78. The maximum Gasteiger partial charge on any atom is 0.416 e. The van der Waals surface area contributed by atoms with Crippen LogP contribution < -0.4 is 5.73 Å². The molecule has 4 rings (SSSR count). The molecule has 11 heteroatoms. The van der Waals surface area contributed by atoms with Crippen LogP contribution in [0.4, 0.5) is 19.0 Å². The summed E-state index contributed by atoms with van der Waals surface area (Å²) in [6.45, 7) is 0. The molecular weight excluding hydrogens is 419 g/mol. The summed E-state index contributed by atoms with van der Waals surface area (Å²) in [7, 11) is 0. The third-order valence-corrected chi connectivity index (χ3v) is 4.95. The first-order valence-corrected chi connectivity index (χ1v) is 9.85. The van der Waals surface area contributed by atoms with Gasteiger partial charge >= 0.3 is 6.18 Å². The van der Waals surface area contributed by atoms with Crippen molar-refractivity contribution in [3.63, 3.8) is 0 Å². The number of rotatable bonds is 4. The maximum atomic E-state index is 12.9. The number of nitrogen functional groups attached to an aromatic ring is 1. The van der Waals surface area contributed by atoms with Gasteiger partial charge in [0.05, 0.1) is 34.2 Å². The van der Waals surface area contributed by atoms with Crippen LogP contribution in [0.15, 0.2) is 48.7 Å². The number of fused-ring (bicyclic) bond motifs is 1. The first-order chi connectivity index (χ1) is 14.2. The fourth-order valence-corrected chi connectivity index (χ4v) is 3.40. The van der Waals surface area contributed by atoms with Crippen LogP contribution in [0.2, 0.25) is 0 Å². The number of alkyl halides is 3. The van der Waals surface area contributed by atoms with Gasteiger partial charge in [-0.2, -0.15) is 13.2 Å². The van der Waals surface area contributed by atoms with Crippen LogP contribution in [0, 0.1) is 0 Å². The number of benzene rings is 2. The summed E-state index contributed by atoms with van der Waals surface area (Å²) in [5.74, 6) is 0.280. The molecule has 0 spiro atoms. The van der Waals surface area contributed by atoms with Crippen LogP contribution in [-0.2, 0) is 23.0 Å². The van der Waals surface area contributed by atoms with Gasteiger partial charge in [0, 0.05) is 5.56 Å². The van der Waals surface area contributed by atoms with E-state index in [-0.39, 0.29) is 28.6 Å². The van der Waals surface area contributed by atoms with Gasteiger partial charge in [0.25, 0.3) is 0 Å². The van der Waals surface area contributed by atoms with Crippen molar-refractivity contribution in [3.8, 4) is 22.8 Å². The Labute approximate surface area is 170 Å². The Morgan fingerprint density at radius 3 is 2.50 bits per heavy atom. The van der Waals surface area contributed by atoms with Crippen molar-refractivity contribution in [1.29, 1.82) is 0 Å². The highest BCUT2D eigenvalue weighted by atomic mass is 32.2. The van der Waals surface area contributed by atoms with E-state index in [0.717, 1.165) is 12.1 Å². The van der Waals surface area contributed by atoms with Crippen molar-refractivity contribution in [2.45, 2.75) is 11.9 Å². The molecule has 4 N–H and O–H groups in total. The van der Waals surface area contributed by atoms with E-state index >= 15 is 0 Å². The lowest BCUT2D eigenvalue weighted by atomic mass is 10.1. The zero-order valence-electron chi connectivity index (χ0n) is 15.1. The molecule has 2 aromatic heterocycles. The van der Waals surface area contributed by atoms with E-state index < -0.39 is 22.8 Å². The Morgan fingerprint density at radius 1 is 1.10 bits per heavy atom. The molecule has 7 nitrogen and oxygen atoms in total. The van der Waals surface area contributed by atoms with Crippen molar-refractivity contribution in [2.75, 3.05) is 5.73 Å². The number of hydrogen-bond donors (Lipinski definition) is 3. The fraction of sp³-hybridized carbons (Fsp3) is 0.105. The average Bonchev–Trinajstić information content (AvgIpc) is 3.11. The number of aromatic amines is 1. The summed E-state index contributed by atoms with van der Waals surface area (Å²) < 4.78 is 58.7. The highest BCUT2D eigenvalue weighted by Gasteiger charge is 2.30. The van der Waals surface area contributed by atoms with E-state index in [9.17, 15) is 17.4 Å². The second-order valence-electron chi connectivity index (χ2n) is 6.47. The van der Waals surface area contributed by atoms with Gasteiger partial charge in [-0.25, -0.2) is 19.2 Å². The number of hydrogen-bond acceptors (Lipinski definition) is 5. The molecule has 154 valence electrons. The molecule has 0 bridgehead atoms. The molecule has 4 aromatic rings. The Kier molecular flexibility index (Phi) is 5.00. The molecule has 1 atom stereocenters. The molecular formula is C19H14F3N5O2S. The summed E-state index contributed by atoms with van der Waals surface area (Å²) >= 11 is -1.94. The molecule has 0 aliphatic heterocycles. The monoisotopic (exact) mass is 433 g/mol. The van der Waals surface area contributed by atoms with Gasteiger partial charge in [0.15, 0.2) is 22.7 Å². The minimum absolute atomic E-state index is 0.0118. The van der Waals surface area contributed by atoms with Crippen molar-refractivity contribution >= 4 is 27.9 Å². The summed E-state index contributed by atoms with van der Waals surface area (Å²) in [5.41, 5.74) is 7.71. The predicted molar refractivity (Wildman–Crippen MR) is 106 cm³/mol. The van der Waals surface area contributed by atoms with Gasteiger partial charge < -0.3 is 15.3 Å². The van der Waals surface area contributed by atoms with E-state index in [4.69, 9.17) is 10.3 Å². The van der Waals surface area contributed by atoms with Crippen LogP contribution >= 0.6 is 0 Å². The number of anilines is 1. The van der Waals surface area contributed by atoms with Crippen molar-refractivity contribution in [2.24, 2.45) is 0 Å². The van der Waals surface area contributed by atoms with Crippen LogP contribution in [0.3, 0.4) is 0 Å². The van der Waals surface area contributed by atoms with E-state index in [0.29, 0.717) is 22.3 Å². The molecule has 0 fully saturated rings. The van der Waals surface area contributed by atoms with Gasteiger partial charge in [0.2, 0.25) is 0 Å². The molecule has 0 aliphatic rings. The minimum atomic E-state index is -4.47. The summed E-state index contributed by atoms with van der Waals surface area (Å²) in [6, 6.07) is 10.0. The number of nitrogens with two attached hydrogens (primary N) is 1. The number of H-pyrrole nitrogens is 1. The molecule has 30 heavy (non-hydrogen) atoms. The SMILES string of the molecule is Nc1ncc(-c2ccc(CS(=O)O)cc2)nc1-c1nc2ccc(C(F)(F)F)cc2[nH]1. The van der Waals surface area contributed by atoms with Crippen molar-refractivity contribution in [1.82, 2.24) is 19.9 Å². The Balaban J connectivity index is 1.72. The van der Waals surface area contributed by atoms with Gasteiger partial charge in [-0.3, -0.25) is 0 Å². The third-order valence-electron chi connectivity index (χ3n) is 4.37. The number of nitrogens with zero attached hydrogens (tertiary/aromatic N) is 3. The van der Waals surface area contributed by atoms with E-state index in [1.165, 1.54) is 12.3 Å². The largest absolute Gasteiger partial charge is 0.416 e. The van der Waals surface area contributed by atoms with E-state index in [1.54, 1.807) is 24.3 Å². The van der Waals surface area contributed by atoms with Crippen LogP contribution in [0.1, 0.15) is 11.1 Å². The van der Waals surface area contributed by atoms with E-state index in [1.807, 2.05) is 0 Å². The van der Waals surface area contributed by atoms with Gasteiger partial charge in [0.1, 0.15) is 5.69 Å². The van der Waals surface area contributed by atoms with Crippen LogP contribution in [-0.4, -0.2) is 28.7 Å². The van der Waals surface area contributed by atoms with Gasteiger partial charge in [-0.1, -0.05) is 24.3 Å². The topological polar surface area (TPSA) is 118 Å². The van der Waals surface area contributed by atoms with Gasteiger partial charge in [-0.15, -0.1) is 0 Å². The fourth-order valence-electron chi connectivity index (χ4n) is 2.92. The molecule has 0 saturated heterocycles. The zero-order chi connectivity index (χ0) is 21.5.